The number of aliphatic hydroxyl groups is 2. The third-order valence-corrected chi connectivity index (χ3v) is 9.90. The lowest BCUT2D eigenvalue weighted by molar-refractivity contribution is -0.267. The largest absolute Gasteiger partial charge is 0.481 e. The number of carbonyl (C=O) groups excluding carboxylic acids is 2. The smallest absolute Gasteiger partial charge is 0.334 e. The third-order valence-electron chi connectivity index (χ3n) is 9.32. The molecule has 0 bridgehead atoms. The zero-order chi connectivity index (χ0) is 24.8. The zero-order valence-electron chi connectivity index (χ0n) is 19.5. The van der Waals surface area contributed by atoms with E-state index in [2.05, 4.69) is 0 Å². The van der Waals surface area contributed by atoms with Crippen molar-refractivity contribution in [1.29, 1.82) is 0 Å². The third kappa shape index (κ3) is 2.75. The molecule has 5 rings (SSSR count). The molecule has 1 saturated heterocycles. The maximum absolute atomic E-state index is 12.7. The summed E-state index contributed by atoms with van der Waals surface area (Å²) in [6, 6.07) is 0. The number of fused-ring (bicyclic) bond motifs is 2. The van der Waals surface area contributed by atoms with Crippen LogP contribution >= 0.6 is 11.6 Å². The first kappa shape index (κ1) is 24.0. The monoisotopic (exact) mass is 498 g/mol. The topological polar surface area (TPSA) is 143 Å². The predicted octanol–water partition coefficient (Wildman–Crippen LogP) is 1.70. The van der Waals surface area contributed by atoms with Crippen LogP contribution in [0.3, 0.4) is 0 Å². The number of hydrogen-bond donors (Lipinski definition) is 3. The van der Waals surface area contributed by atoms with Crippen molar-refractivity contribution < 1.29 is 43.9 Å². The molecule has 188 valence electrons. The lowest BCUT2D eigenvalue weighted by atomic mass is 9.44. The maximum atomic E-state index is 12.7. The maximum Gasteiger partial charge on any atom is 0.334 e. The molecular weight excluding hydrogens is 468 g/mol. The standard InChI is InChI=1S/C24H31ClO9/c1-11(2)23(31)17(25)18-24(34-18)21(3)8-6-12-13(10-32-19(12)29)14(21)7-9-22(24,30)20(23)33-16(28)5-4-15(26)27/h11,14,17-18,20,30-31H,4-10H2,1-3H3,(H,26,27)/t14-,17+,18+,20-,21-,22+,23-,24+/m0/s1. The fraction of sp³-hybridized carbons (Fsp3) is 0.792. The van der Waals surface area contributed by atoms with Crippen molar-refractivity contribution in [2.75, 3.05) is 6.61 Å². The van der Waals surface area contributed by atoms with E-state index in [4.69, 9.17) is 30.9 Å². The summed E-state index contributed by atoms with van der Waals surface area (Å²) in [6.07, 6.45) is -1.22. The average Bonchev–Trinajstić information content (AvgIpc) is 3.44. The highest BCUT2D eigenvalue weighted by Gasteiger charge is 2.89. The highest BCUT2D eigenvalue weighted by Crippen LogP contribution is 2.74. The van der Waals surface area contributed by atoms with Gasteiger partial charge in [0.05, 0.1) is 18.2 Å². The number of halogens is 1. The number of cyclic esters (lactones) is 1. The van der Waals surface area contributed by atoms with Crippen molar-refractivity contribution in [3.8, 4) is 0 Å². The predicted molar refractivity (Wildman–Crippen MR) is 117 cm³/mol. The molecule has 5 aliphatic rings. The van der Waals surface area contributed by atoms with Gasteiger partial charge in [0.15, 0.2) is 6.10 Å². The molecule has 2 aliphatic heterocycles. The molecule has 2 saturated carbocycles. The normalized spacial score (nSPS) is 46.7. The number of ether oxygens (including phenoxy) is 3. The molecule has 3 aliphatic carbocycles. The van der Waals surface area contributed by atoms with Gasteiger partial charge in [-0.25, -0.2) is 4.79 Å². The van der Waals surface area contributed by atoms with Crippen LogP contribution in [0.4, 0.5) is 0 Å². The molecule has 1 spiro atoms. The first-order valence-electron chi connectivity index (χ1n) is 11.9. The van der Waals surface area contributed by atoms with Gasteiger partial charge in [-0.15, -0.1) is 11.6 Å². The number of hydrogen-bond acceptors (Lipinski definition) is 8. The number of carboxylic acid groups (broad SMARTS) is 1. The lowest BCUT2D eigenvalue weighted by Gasteiger charge is -2.62. The Morgan fingerprint density at radius 3 is 2.59 bits per heavy atom. The van der Waals surface area contributed by atoms with Gasteiger partial charge in [-0.05, 0) is 43.1 Å². The second-order valence-corrected chi connectivity index (χ2v) is 11.5. The Morgan fingerprint density at radius 2 is 1.94 bits per heavy atom. The minimum Gasteiger partial charge on any atom is -0.481 e. The molecule has 8 atom stereocenters. The number of alkyl halides is 1. The highest BCUT2D eigenvalue weighted by molar-refractivity contribution is 6.22. The fourth-order valence-corrected chi connectivity index (χ4v) is 8.09. The quantitative estimate of drug-likeness (QED) is 0.293. The van der Waals surface area contributed by atoms with Gasteiger partial charge in [-0.1, -0.05) is 20.8 Å². The second kappa shape index (κ2) is 7.41. The molecular formula is C24H31ClO9. The second-order valence-electron chi connectivity index (χ2n) is 11.0. The highest BCUT2D eigenvalue weighted by atomic mass is 35.5. The van der Waals surface area contributed by atoms with Crippen LogP contribution in [0.1, 0.15) is 59.3 Å². The van der Waals surface area contributed by atoms with Crippen molar-refractivity contribution in [3.05, 3.63) is 11.1 Å². The Morgan fingerprint density at radius 1 is 1.24 bits per heavy atom. The average molecular weight is 499 g/mol. The molecule has 34 heavy (non-hydrogen) atoms. The van der Waals surface area contributed by atoms with Crippen LogP contribution in [0.2, 0.25) is 0 Å². The van der Waals surface area contributed by atoms with E-state index in [0.29, 0.717) is 24.8 Å². The summed E-state index contributed by atoms with van der Waals surface area (Å²) < 4.78 is 17.3. The summed E-state index contributed by atoms with van der Waals surface area (Å²) in [4.78, 5) is 35.8. The van der Waals surface area contributed by atoms with Crippen LogP contribution < -0.4 is 0 Å². The van der Waals surface area contributed by atoms with E-state index in [0.717, 1.165) is 5.57 Å². The van der Waals surface area contributed by atoms with Gasteiger partial charge in [-0.2, -0.15) is 0 Å². The molecule has 0 amide bonds. The minimum absolute atomic E-state index is 0.0783. The zero-order valence-corrected chi connectivity index (χ0v) is 20.3. The molecule has 2 heterocycles. The molecule has 0 aromatic carbocycles. The van der Waals surface area contributed by atoms with Crippen molar-refractivity contribution in [2.45, 2.75) is 93.7 Å². The van der Waals surface area contributed by atoms with Crippen LogP contribution in [0, 0.1) is 17.3 Å². The molecule has 10 heteroatoms. The van der Waals surface area contributed by atoms with Gasteiger partial charge >= 0.3 is 17.9 Å². The Bertz CT molecular complexity index is 993. The first-order valence-corrected chi connectivity index (χ1v) is 12.3. The van der Waals surface area contributed by atoms with E-state index in [1.807, 2.05) is 6.92 Å². The molecule has 3 fully saturated rings. The van der Waals surface area contributed by atoms with Crippen molar-refractivity contribution in [2.24, 2.45) is 17.3 Å². The molecule has 9 nitrogen and oxygen atoms in total. The number of rotatable bonds is 5. The summed E-state index contributed by atoms with van der Waals surface area (Å²) >= 11 is 6.86. The van der Waals surface area contributed by atoms with Gasteiger partial charge in [0.1, 0.15) is 29.5 Å². The molecule has 0 radical (unpaired) electrons. The van der Waals surface area contributed by atoms with Gasteiger partial charge < -0.3 is 29.5 Å². The molecule has 0 aromatic rings. The van der Waals surface area contributed by atoms with Gasteiger partial charge in [0.25, 0.3) is 0 Å². The summed E-state index contributed by atoms with van der Waals surface area (Å²) in [7, 11) is 0. The van der Waals surface area contributed by atoms with E-state index in [9.17, 15) is 24.6 Å². The summed E-state index contributed by atoms with van der Waals surface area (Å²) in [5.74, 6) is -2.84. The molecule has 0 aromatic heterocycles. The van der Waals surface area contributed by atoms with Gasteiger partial charge in [0.2, 0.25) is 0 Å². The number of carboxylic acids is 1. The Balaban J connectivity index is 1.57. The number of esters is 2. The van der Waals surface area contributed by atoms with E-state index in [1.54, 1.807) is 13.8 Å². The Labute approximate surface area is 202 Å². The summed E-state index contributed by atoms with van der Waals surface area (Å²) in [5.41, 5.74) is -3.71. The van der Waals surface area contributed by atoms with Crippen LogP contribution in [-0.2, 0) is 28.6 Å². The molecule has 0 unspecified atom stereocenters. The summed E-state index contributed by atoms with van der Waals surface area (Å²) in [5, 5.41) is 32.1. The fourth-order valence-electron chi connectivity index (χ4n) is 7.50. The minimum atomic E-state index is -1.80. The Kier molecular flexibility index (Phi) is 5.24. The number of carbonyl (C=O) groups is 3. The van der Waals surface area contributed by atoms with Crippen LogP contribution in [0.15, 0.2) is 11.1 Å². The lowest BCUT2D eigenvalue weighted by Crippen LogP contribution is -2.79. The first-order chi connectivity index (χ1) is 15.8. The van der Waals surface area contributed by atoms with Crippen LogP contribution in [0.5, 0.6) is 0 Å². The number of epoxide rings is 1. The van der Waals surface area contributed by atoms with E-state index < -0.39 is 70.5 Å². The SMILES string of the molecule is CC(C)[C@]1(O)[C@H](Cl)[C@H]2O[C@@]23[C@@]2(C)CCC4=C(COC4=O)[C@@H]2CC[C@@]3(O)[C@@H]1OC(=O)CCC(=O)O. The number of aliphatic carboxylic acids is 1. The van der Waals surface area contributed by atoms with E-state index in [1.165, 1.54) is 0 Å². The van der Waals surface area contributed by atoms with Crippen molar-refractivity contribution in [1.82, 2.24) is 0 Å². The van der Waals surface area contributed by atoms with Gasteiger partial charge in [0, 0.05) is 11.0 Å². The van der Waals surface area contributed by atoms with E-state index in [-0.39, 0.29) is 24.9 Å². The molecule has 3 N–H and O–H groups in total. The van der Waals surface area contributed by atoms with E-state index >= 15 is 0 Å². The van der Waals surface area contributed by atoms with Crippen molar-refractivity contribution >= 4 is 29.5 Å². The van der Waals surface area contributed by atoms with Crippen molar-refractivity contribution in [3.63, 3.8) is 0 Å². The Hall–Kier alpha value is -1.68. The van der Waals surface area contributed by atoms with Gasteiger partial charge in [-0.3, -0.25) is 9.59 Å². The van der Waals surface area contributed by atoms with Crippen LogP contribution in [0.25, 0.3) is 0 Å². The summed E-state index contributed by atoms with van der Waals surface area (Å²) in [6.45, 7) is 5.71. The van der Waals surface area contributed by atoms with Crippen LogP contribution in [-0.4, -0.2) is 74.2 Å².